The molecule has 0 atom stereocenters. The molecule has 0 radical (unpaired) electrons. The molecule has 0 fully saturated rings. The van der Waals surface area contributed by atoms with Crippen molar-refractivity contribution >= 4 is 29.0 Å². The Morgan fingerprint density at radius 2 is 1.54 bits per heavy atom. The maximum atomic E-state index is 13.0. The summed E-state index contributed by atoms with van der Waals surface area (Å²) in [7, 11) is 0. The van der Waals surface area contributed by atoms with Crippen LogP contribution in [0.4, 0.5) is 18.9 Å². The quantitative estimate of drug-likeness (QED) is 0.178. The van der Waals surface area contributed by atoms with Gasteiger partial charge in [0.1, 0.15) is 11.1 Å². The minimum atomic E-state index is -4.70. The van der Waals surface area contributed by atoms with Gasteiger partial charge in [0, 0.05) is 22.3 Å². The normalized spacial score (nSPS) is 12.5. The van der Waals surface area contributed by atoms with E-state index in [-0.39, 0.29) is 22.3 Å². The molecule has 0 saturated carbocycles. The highest BCUT2D eigenvalue weighted by Crippen LogP contribution is 2.36. The standard InChI is InChI=1S/C24H12F3NO7/c25-24(26,27)13-5-3-4-12(10-13)18(29)11-35-23(32)17-9-8-16-19(20(17)28(33)34)22(31)15-7-2-1-6-14(15)21(16)30/h1-10H,11H2. The van der Waals surface area contributed by atoms with E-state index in [9.17, 15) is 42.5 Å². The van der Waals surface area contributed by atoms with Gasteiger partial charge in [-0.3, -0.25) is 24.5 Å². The highest BCUT2D eigenvalue weighted by atomic mass is 19.4. The Morgan fingerprint density at radius 1 is 0.886 bits per heavy atom. The van der Waals surface area contributed by atoms with Gasteiger partial charge in [0.2, 0.25) is 5.78 Å². The number of benzene rings is 3. The molecule has 11 heteroatoms. The fourth-order valence-corrected chi connectivity index (χ4v) is 3.68. The van der Waals surface area contributed by atoms with Gasteiger partial charge in [-0.1, -0.05) is 36.4 Å². The Balaban J connectivity index is 1.64. The lowest BCUT2D eigenvalue weighted by Gasteiger charge is -2.18. The summed E-state index contributed by atoms with van der Waals surface area (Å²) in [6.45, 7) is -1.01. The summed E-state index contributed by atoms with van der Waals surface area (Å²) in [6, 6.07) is 11.1. The van der Waals surface area contributed by atoms with Gasteiger partial charge >= 0.3 is 12.1 Å². The van der Waals surface area contributed by atoms with Gasteiger partial charge in [-0.2, -0.15) is 13.2 Å². The summed E-state index contributed by atoms with van der Waals surface area (Å²) in [6.07, 6.45) is -4.70. The van der Waals surface area contributed by atoms with E-state index in [1.165, 1.54) is 24.3 Å². The van der Waals surface area contributed by atoms with Gasteiger partial charge in [-0.15, -0.1) is 0 Å². The molecule has 0 unspecified atom stereocenters. The number of nitro benzene ring substituents is 1. The summed E-state index contributed by atoms with van der Waals surface area (Å²) in [4.78, 5) is 61.4. The molecule has 0 spiro atoms. The zero-order valence-corrected chi connectivity index (χ0v) is 17.4. The van der Waals surface area contributed by atoms with Crippen LogP contribution in [0.15, 0.2) is 60.7 Å². The van der Waals surface area contributed by atoms with Crippen molar-refractivity contribution < 1.29 is 42.0 Å². The van der Waals surface area contributed by atoms with E-state index in [0.29, 0.717) is 6.07 Å². The number of hydrogen-bond acceptors (Lipinski definition) is 7. The summed E-state index contributed by atoms with van der Waals surface area (Å²) in [5, 5.41) is 11.8. The number of nitro groups is 1. The molecule has 0 aliphatic heterocycles. The van der Waals surface area contributed by atoms with Gasteiger partial charge in [0.25, 0.3) is 5.69 Å². The molecule has 0 saturated heterocycles. The third-order valence-electron chi connectivity index (χ3n) is 5.31. The Labute approximate surface area is 194 Å². The van der Waals surface area contributed by atoms with Crippen molar-refractivity contribution in [1.82, 2.24) is 0 Å². The third kappa shape index (κ3) is 4.19. The molecule has 8 nitrogen and oxygen atoms in total. The smallest absolute Gasteiger partial charge is 0.416 e. The SMILES string of the molecule is O=C(COC(=O)c1ccc2c(c1[N+](=O)[O-])C(=O)c1ccccc1C2=O)c1cccc(C(F)(F)F)c1. The zero-order valence-electron chi connectivity index (χ0n) is 17.4. The van der Waals surface area contributed by atoms with Crippen molar-refractivity contribution in [2.45, 2.75) is 6.18 Å². The summed E-state index contributed by atoms with van der Waals surface area (Å²) >= 11 is 0. The van der Waals surface area contributed by atoms with E-state index >= 15 is 0 Å². The van der Waals surface area contributed by atoms with Gasteiger partial charge in [-0.25, -0.2) is 4.79 Å². The second kappa shape index (κ2) is 8.60. The highest BCUT2D eigenvalue weighted by Gasteiger charge is 2.39. The number of carbonyl (C=O) groups excluding carboxylic acids is 4. The van der Waals surface area contributed by atoms with Crippen molar-refractivity contribution in [2.24, 2.45) is 0 Å². The molecule has 0 amide bonds. The number of Topliss-reactive ketones (excluding diaryl/α,β-unsaturated/α-hetero) is 1. The minimum absolute atomic E-state index is 0.0568. The molecule has 4 rings (SSSR count). The first-order chi connectivity index (χ1) is 16.5. The summed E-state index contributed by atoms with van der Waals surface area (Å²) in [5.74, 6) is -3.82. The van der Waals surface area contributed by atoms with Crippen LogP contribution in [-0.4, -0.2) is 34.8 Å². The Hall–Kier alpha value is -4.67. The van der Waals surface area contributed by atoms with E-state index in [4.69, 9.17) is 4.74 Å². The number of rotatable bonds is 5. The Morgan fingerprint density at radius 3 is 2.17 bits per heavy atom. The van der Waals surface area contributed by atoms with Gasteiger partial charge in [0.15, 0.2) is 18.2 Å². The van der Waals surface area contributed by atoms with Gasteiger partial charge in [-0.05, 0) is 24.3 Å². The van der Waals surface area contributed by atoms with Gasteiger partial charge < -0.3 is 4.74 Å². The van der Waals surface area contributed by atoms with Crippen LogP contribution in [0.1, 0.15) is 58.1 Å². The second-order valence-corrected chi connectivity index (χ2v) is 7.42. The molecule has 1 aliphatic rings. The number of esters is 1. The maximum absolute atomic E-state index is 13.0. The van der Waals surface area contributed by atoms with Crippen LogP contribution >= 0.6 is 0 Å². The van der Waals surface area contributed by atoms with Crippen LogP contribution in [-0.2, 0) is 10.9 Å². The van der Waals surface area contributed by atoms with Gasteiger partial charge in [0.05, 0.1) is 10.5 Å². The first-order valence-corrected chi connectivity index (χ1v) is 9.88. The predicted octanol–water partition coefficient (Wildman–Crippen LogP) is 4.43. The predicted molar refractivity (Wildman–Crippen MR) is 112 cm³/mol. The number of ketones is 3. The lowest BCUT2D eigenvalue weighted by Crippen LogP contribution is -2.24. The molecule has 0 heterocycles. The number of halogens is 3. The monoisotopic (exact) mass is 483 g/mol. The number of hydrogen-bond donors (Lipinski definition) is 0. The van der Waals surface area contributed by atoms with Crippen molar-refractivity contribution in [1.29, 1.82) is 0 Å². The van der Waals surface area contributed by atoms with Crippen molar-refractivity contribution in [3.63, 3.8) is 0 Å². The van der Waals surface area contributed by atoms with E-state index in [0.717, 1.165) is 30.3 Å². The van der Waals surface area contributed by atoms with Crippen LogP contribution in [0.3, 0.4) is 0 Å². The van der Waals surface area contributed by atoms with E-state index in [1.54, 1.807) is 0 Å². The average Bonchev–Trinajstić information content (AvgIpc) is 2.84. The molecular formula is C24H12F3NO7. The maximum Gasteiger partial charge on any atom is 0.416 e. The Kier molecular flexibility index (Phi) is 5.77. The number of carbonyl (C=O) groups is 4. The van der Waals surface area contributed by atoms with Crippen molar-refractivity contribution in [3.8, 4) is 0 Å². The van der Waals surface area contributed by atoms with Crippen LogP contribution in [0.25, 0.3) is 0 Å². The van der Waals surface area contributed by atoms with E-state index in [1.807, 2.05) is 0 Å². The molecule has 0 bridgehead atoms. The fourth-order valence-electron chi connectivity index (χ4n) is 3.68. The first kappa shape index (κ1) is 23.5. The molecule has 35 heavy (non-hydrogen) atoms. The van der Waals surface area contributed by atoms with Crippen LogP contribution < -0.4 is 0 Å². The lowest BCUT2D eigenvalue weighted by molar-refractivity contribution is -0.385. The van der Waals surface area contributed by atoms with Crippen molar-refractivity contribution in [2.75, 3.05) is 6.61 Å². The van der Waals surface area contributed by atoms with Crippen LogP contribution in [0, 0.1) is 10.1 Å². The lowest BCUT2D eigenvalue weighted by atomic mass is 9.82. The number of nitrogens with zero attached hydrogens (tertiary/aromatic N) is 1. The minimum Gasteiger partial charge on any atom is -0.454 e. The molecule has 1 aliphatic carbocycles. The first-order valence-electron chi connectivity index (χ1n) is 9.88. The molecule has 0 N–H and O–H groups in total. The number of alkyl halides is 3. The van der Waals surface area contributed by atoms with Crippen LogP contribution in [0.2, 0.25) is 0 Å². The Bertz CT molecular complexity index is 1440. The summed E-state index contributed by atoms with van der Waals surface area (Å²) < 4.78 is 43.4. The molecule has 3 aromatic rings. The average molecular weight is 483 g/mol. The molecular weight excluding hydrogens is 471 g/mol. The molecule has 3 aromatic carbocycles. The molecule has 0 aromatic heterocycles. The summed E-state index contributed by atoms with van der Waals surface area (Å²) in [5.41, 5.74) is -3.99. The van der Waals surface area contributed by atoms with E-state index in [2.05, 4.69) is 0 Å². The second-order valence-electron chi connectivity index (χ2n) is 7.42. The van der Waals surface area contributed by atoms with Crippen LogP contribution in [0.5, 0.6) is 0 Å². The fraction of sp³-hybridized carbons (Fsp3) is 0.0833. The number of ether oxygens (including phenoxy) is 1. The number of fused-ring (bicyclic) bond motifs is 2. The van der Waals surface area contributed by atoms with E-state index < -0.39 is 63.4 Å². The highest BCUT2D eigenvalue weighted by molar-refractivity contribution is 6.30. The topological polar surface area (TPSA) is 121 Å². The third-order valence-corrected chi connectivity index (χ3v) is 5.31. The largest absolute Gasteiger partial charge is 0.454 e. The van der Waals surface area contributed by atoms with Crippen molar-refractivity contribution in [3.05, 3.63) is 110 Å². The zero-order chi connectivity index (χ0) is 25.5. The molecule has 176 valence electrons.